The van der Waals surface area contributed by atoms with E-state index in [0.717, 1.165) is 29.1 Å². The Kier molecular flexibility index (Phi) is 5.61. The largest absolute Gasteiger partial charge is 0.454 e. The topological polar surface area (TPSA) is 48.3 Å². The van der Waals surface area contributed by atoms with Gasteiger partial charge in [0, 0.05) is 21.8 Å². The number of ketones is 1. The first-order valence-electron chi connectivity index (χ1n) is 8.84. The van der Waals surface area contributed by atoms with E-state index in [0.29, 0.717) is 11.1 Å². The molecule has 5 heteroatoms. The minimum atomic E-state index is -0.461. The highest BCUT2D eigenvalue weighted by Crippen LogP contribution is 2.20. The van der Waals surface area contributed by atoms with Crippen LogP contribution in [0.2, 0.25) is 0 Å². The van der Waals surface area contributed by atoms with Crippen molar-refractivity contribution in [3.8, 4) is 0 Å². The van der Waals surface area contributed by atoms with Gasteiger partial charge in [-0.15, -0.1) is 11.3 Å². The van der Waals surface area contributed by atoms with Crippen molar-refractivity contribution in [3.63, 3.8) is 0 Å². The molecule has 2 aromatic heterocycles. The molecule has 0 saturated heterocycles. The van der Waals surface area contributed by atoms with Crippen LogP contribution in [0.4, 0.5) is 0 Å². The molecule has 0 spiro atoms. The Bertz CT molecular complexity index is 983. The van der Waals surface area contributed by atoms with Crippen molar-refractivity contribution >= 4 is 23.1 Å². The molecule has 27 heavy (non-hydrogen) atoms. The summed E-state index contributed by atoms with van der Waals surface area (Å²) in [5.74, 6) is -0.642. The molecule has 4 nitrogen and oxygen atoms in total. The minimum Gasteiger partial charge on any atom is -0.454 e. The SMILES string of the molecule is Cc1cccc(C(=O)OCC(=O)c2cc(C)n(Cc3cccs3)c2C)c1C. The molecule has 0 amide bonds. The van der Waals surface area contributed by atoms with E-state index < -0.39 is 5.97 Å². The third-order valence-electron chi connectivity index (χ3n) is 4.93. The second-order valence-electron chi connectivity index (χ2n) is 6.70. The van der Waals surface area contributed by atoms with E-state index in [1.54, 1.807) is 17.4 Å². The van der Waals surface area contributed by atoms with Crippen molar-refractivity contribution < 1.29 is 14.3 Å². The molecule has 0 aliphatic rings. The molecule has 0 saturated carbocycles. The van der Waals surface area contributed by atoms with Crippen molar-refractivity contribution in [3.05, 3.63) is 80.3 Å². The average Bonchev–Trinajstić information content (AvgIpc) is 3.25. The zero-order chi connectivity index (χ0) is 19.6. The van der Waals surface area contributed by atoms with Gasteiger partial charge in [0.25, 0.3) is 0 Å². The average molecular weight is 381 g/mol. The van der Waals surface area contributed by atoms with Crippen molar-refractivity contribution in [2.24, 2.45) is 0 Å². The Morgan fingerprint density at radius 2 is 1.81 bits per heavy atom. The van der Waals surface area contributed by atoms with Gasteiger partial charge in [-0.25, -0.2) is 4.79 Å². The van der Waals surface area contributed by atoms with E-state index in [2.05, 4.69) is 10.6 Å². The lowest BCUT2D eigenvalue weighted by molar-refractivity contribution is 0.0473. The monoisotopic (exact) mass is 381 g/mol. The van der Waals surface area contributed by atoms with Crippen molar-refractivity contribution in [2.45, 2.75) is 34.2 Å². The van der Waals surface area contributed by atoms with Gasteiger partial charge in [-0.2, -0.15) is 0 Å². The van der Waals surface area contributed by atoms with Gasteiger partial charge in [-0.3, -0.25) is 4.79 Å². The van der Waals surface area contributed by atoms with E-state index in [4.69, 9.17) is 4.74 Å². The van der Waals surface area contributed by atoms with Crippen LogP contribution in [0.5, 0.6) is 0 Å². The fourth-order valence-electron chi connectivity index (χ4n) is 3.14. The lowest BCUT2D eigenvalue weighted by Gasteiger charge is -2.09. The molecular formula is C22H23NO3S. The first kappa shape index (κ1) is 19.1. The molecule has 3 rings (SSSR count). The van der Waals surface area contributed by atoms with Crippen LogP contribution in [0.1, 0.15) is 48.1 Å². The van der Waals surface area contributed by atoms with Gasteiger partial charge < -0.3 is 9.30 Å². The number of nitrogens with zero attached hydrogens (tertiary/aromatic N) is 1. The third-order valence-corrected chi connectivity index (χ3v) is 5.79. The molecule has 0 N–H and O–H groups in total. The lowest BCUT2D eigenvalue weighted by Crippen LogP contribution is -2.16. The predicted octanol–water partition coefficient (Wildman–Crippen LogP) is 4.87. The summed E-state index contributed by atoms with van der Waals surface area (Å²) in [4.78, 5) is 26.2. The Hall–Kier alpha value is -2.66. The number of carbonyl (C=O) groups is 2. The molecular weight excluding hydrogens is 358 g/mol. The molecule has 0 bridgehead atoms. The number of hydrogen-bond acceptors (Lipinski definition) is 4. The van der Waals surface area contributed by atoms with Crippen LogP contribution >= 0.6 is 11.3 Å². The molecule has 2 heterocycles. The molecule has 0 unspecified atom stereocenters. The third kappa shape index (κ3) is 4.03. The van der Waals surface area contributed by atoms with Gasteiger partial charge >= 0.3 is 5.97 Å². The molecule has 0 atom stereocenters. The van der Waals surface area contributed by atoms with Crippen LogP contribution in [-0.2, 0) is 11.3 Å². The summed E-state index contributed by atoms with van der Waals surface area (Å²) in [6.45, 7) is 8.23. The molecule has 0 radical (unpaired) electrons. The molecule has 0 fully saturated rings. The van der Waals surface area contributed by atoms with Gasteiger partial charge in [-0.05, 0) is 62.4 Å². The summed E-state index contributed by atoms with van der Waals surface area (Å²) >= 11 is 1.69. The zero-order valence-corrected chi connectivity index (χ0v) is 16.9. The molecule has 0 aliphatic heterocycles. The van der Waals surface area contributed by atoms with Gasteiger partial charge in [-0.1, -0.05) is 18.2 Å². The first-order valence-corrected chi connectivity index (χ1v) is 9.72. The number of ether oxygens (including phenoxy) is 1. The number of thiophene rings is 1. The van der Waals surface area contributed by atoms with E-state index in [1.807, 2.05) is 57.3 Å². The predicted molar refractivity (Wildman–Crippen MR) is 108 cm³/mol. The number of esters is 1. The van der Waals surface area contributed by atoms with E-state index >= 15 is 0 Å². The highest BCUT2D eigenvalue weighted by Gasteiger charge is 2.19. The maximum Gasteiger partial charge on any atom is 0.338 e. The number of Topliss-reactive ketones (excluding diaryl/α,β-unsaturated/α-hetero) is 1. The number of carbonyl (C=O) groups excluding carboxylic acids is 2. The Morgan fingerprint density at radius 3 is 2.52 bits per heavy atom. The quantitative estimate of drug-likeness (QED) is 0.452. The van der Waals surface area contributed by atoms with Gasteiger partial charge in [0.2, 0.25) is 5.78 Å². The number of aryl methyl sites for hydroxylation is 2. The normalized spacial score (nSPS) is 10.8. The number of benzene rings is 1. The second-order valence-corrected chi connectivity index (χ2v) is 7.73. The summed E-state index contributed by atoms with van der Waals surface area (Å²) in [7, 11) is 0. The van der Waals surface area contributed by atoms with Gasteiger partial charge in [0.05, 0.1) is 12.1 Å². The number of aromatic nitrogens is 1. The standard InChI is InChI=1S/C22H23NO3S/c1-14-7-5-9-19(16(14)3)22(25)26-13-21(24)20-11-15(2)23(17(20)4)12-18-8-6-10-27-18/h5-11H,12-13H2,1-4H3. The maximum absolute atomic E-state index is 12.6. The van der Waals surface area contributed by atoms with Crippen LogP contribution < -0.4 is 0 Å². The first-order chi connectivity index (χ1) is 12.9. The van der Waals surface area contributed by atoms with Crippen LogP contribution in [0.25, 0.3) is 0 Å². The van der Waals surface area contributed by atoms with Crippen molar-refractivity contribution in [1.82, 2.24) is 4.57 Å². The summed E-state index contributed by atoms with van der Waals surface area (Å²) in [6.07, 6.45) is 0. The van der Waals surface area contributed by atoms with E-state index in [-0.39, 0.29) is 12.4 Å². The molecule has 1 aromatic carbocycles. The fourth-order valence-corrected chi connectivity index (χ4v) is 3.84. The molecule has 3 aromatic rings. The maximum atomic E-state index is 12.6. The molecule has 140 valence electrons. The van der Waals surface area contributed by atoms with Gasteiger partial charge in [0.1, 0.15) is 0 Å². The fraction of sp³-hybridized carbons (Fsp3) is 0.273. The second kappa shape index (κ2) is 7.92. The molecule has 0 aliphatic carbocycles. The van der Waals surface area contributed by atoms with Crippen LogP contribution in [0.15, 0.2) is 41.8 Å². The van der Waals surface area contributed by atoms with Crippen molar-refractivity contribution in [1.29, 1.82) is 0 Å². The summed E-state index contributed by atoms with van der Waals surface area (Å²) < 4.78 is 7.41. The van der Waals surface area contributed by atoms with E-state index in [9.17, 15) is 9.59 Å². The Morgan fingerprint density at radius 1 is 1.04 bits per heavy atom. The smallest absolute Gasteiger partial charge is 0.338 e. The minimum absolute atomic E-state index is 0.181. The highest BCUT2D eigenvalue weighted by atomic mass is 32.1. The Balaban J connectivity index is 1.71. The van der Waals surface area contributed by atoms with Gasteiger partial charge in [0.15, 0.2) is 6.61 Å². The summed E-state index contributed by atoms with van der Waals surface area (Å²) in [6, 6.07) is 11.5. The Labute approximate surface area is 163 Å². The zero-order valence-electron chi connectivity index (χ0n) is 16.0. The summed E-state index contributed by atoms with van der Waals surface area (Å²) in [5.41, 5.74) is 4.93. The summed E-state index contributed by atoms with van der Waals surface area (Å²) in [5, 5.41) is 2.04. The van der Waals surface area contributed by atoms with E-state index in [1.165, 1.54) is 4.88 Å². The lowest BCUT2D eigenvalue weighted by atomic mass is 10.0. The van der Waals surface area contributed by atoms with Crippen LogP contribution in [0.3, 0.4) is 0 Å². The van der Waals surface area contributed by atoms with Crippen LogP contribution in [-0.4, -0.2) is 22.9 Å². The number of rotatable bonds is 6. The van der Waals surface area contributed by atoms with Crippen molar-refractivity contribution in [2.75, 3.05) is 6.61 Å². The van der Waals surface area contributed by atoms with Crippen LogP contribution in [0, 0.1) is 27.7 Å². The highest BCUT2D eigenvalue weighted by molar-refractivity contribution is 7.09. The number of hydrogen-bond donors (Lipinski definition) is 0.